The molecular formula is C13H19N5O2. The number of anilines is 1. The maximum Gasteiger partial charge on any atom is 0.323 e. The lowest BCUT2D eigenvalue weighted by Gasteiger charge is -2.32. The Morgan fingerprint density at radius 1 is 1.20 bits per heavy atom. The molecule has 7 nitrogen and oxygen atoms in total. The molecule has 20 heavy (non-hydrogen) atoms. The largest absolute Gasteiger partial charge is 0.323 e. The number of piperazine rings is 1. The lowest BCUT2D eigenvalue weighted by molar-refractivity contribution is -0.139. The van der Waals surface area contributed by atoms with Gasteiger partial charge in [0.05, 0.1) is 0 Å². The zero-order chi connectivity index (χ0) is 14.5. The molecule has 7 heteroatoms. The Bertz CT molecular complexity index is 497. The standard InChI is InChI=1S/C13H19N5O2/c1-10-3-4-14-11(9-10)15-12(19)13(20)16-18-7-5-17(2)6-8-18/h3-4,9H,5-8H2,1-2H3,(H,16,20)(H,14,15,19). The SMILES string of the molecule is Cc1ccnc(NC(=O)C(=O)NN2CCN(C)CC2)c1. The molecule has 108 valence electrons. The monoisotopic (exact) mass is 277 g/mol. The van der Waals surface area contributed by atoms with Crippen LogP contribution >= 0.6 is 0 Å². The molecule has 2 heterocycles. The molecule has 2 N–H and O–H groups in total. The number of hydrazine groups is 1. The Morgan fingerprint density at radius 2 is 1.90 bits per heavy atom. The van der Waals surface area contributed by atoms with Crippen LogP contribution in [0.5, 0.6) is 0 Å². The average molecular weight is 277 g/mol. The molecule has 1 aliphatic heterocycles. The minimum atomic E-state index is -0.706. The Kier molecular flexibility index (Phi) is 4.65. The van der Waals surface area contributed by atoms with Crippen molar-refractivity contribution < 1.29 is 9.59 Å². The highest BCUT2D eigenvalue weighted by molar-refractivity contribution is 6.39. The van der Waals surface area contributed by atoms with E-state index in [1.807, 2.05) is 20.0 Å². The van der Waals surface area contributed by atoms with Crippen LogP contribution < -0.4 is 10.7 Å². The number of carbonyl (C=O) groups is 2. The minimum absolute atomic E-state index is 0.378. The van der Waals surface area contributed by atoms with Crippen molar-refractivity contribution >= 4 is 17.6 Å². The first kappa shape index (κ1) is 14.4. The van der Waals surface area contributed by atoms with Crippen LogP contribution in [0.3, 0.4) is 0 Å². The first-order valence-corrected chi connectivity index (χ1v) is 6.53. The van der Waals surface area contributed by atoms with Crippen LogP contribution in [0.15, 0.2) is 18.3 Å². The number of aromatic nitrogens is 1. The lowest BCUT2D eigenvalue weighted by Crippen LogP contribution is -2.54. The quantitative estimate of drug-likeness (QED) is 0.720. The first-order valence-electron chi connectivity index (χ1n) is 6.53. The Morgan fingerprint density at radius 3 is 2.55 bits per heavy atom. The van der Waals surface area contributed by atoms with E-state index in [9.17, 15) is 9.59 Å². The van der Waals surface area contributed by atoms with Crippen molar-refractivity contribution in [2.75, 3.05) is 38.5 Å². The number of carbonyl (C=O) groups excluding carboxylic acids is 2. The zero-order valence-corrected chi connectivity index (χ0v) is 11.7. The predicted octanol–water partition coefficient (Wildman–Crippen LogP) is -0.393. The van der Waals surface area contributed by atoms with Crippen molar-refractivity contribution in [2.45, 2.75) is 6.92 Å². The third kappa shape index (κ3) is 4.01. The van der Waals surface area contributed by atoms with Crippen LogP contribution in [0.1, 0.15) is 5.56 Å². The van der Waals surface area contributed by atoms with E-state index in [2.05, 4.69) is 20.6 Å². The van der Waals surface area contributed by atoms with Crippen molar-refractivity contribution in [1.82, 2.24) is 20.3 Å². The number of amides is 2. The molecule has 1 aromatic rings. The number of rotatable bonds is 2. The zero-order valence-electron chi connectivity index (χ0n) is 11.7. The van der Waals surface area contributed by atoms with Crippen molar-refractivity contribution in [3.63, 3.8) is 0 Å². The van der Waals surface area contributed by atoms with E-state index in [0.717, 1.165) is 18.7 Å². The number of aryl methyl sites for hydroxylation is 1. The van der Waals surface area contributed by atoms with E-state index in [1.54, 1.807) is 17.3 Å². The molecule has 1 saturated heterocycles. The summed E-state index contributed by atoms with van der Waals surface area (Å²) in [6.07, 6.45) is 1.59. The summed E-state index contributed by atoms with van der Waals surface area (Å²) in [7, 11) is 2.02. The van der Waals surface area contributed by atoms with E-state index in [-0.39, 0.29) is 0 Å². The van der Waals surface area contributed by atoms with Gasteiger partial charge in [-0.1, -0.05) is 0 Å². The molecule has 0 unspecified atom stereocenters. The number of hydrogen-bond acceptors (Lipinski definition) is 5. The summed E-state index contributed by atoms with van der Waals surface area (Å²) in [5.74, 6) is -0.997. The molecule has 0 radical (unpaired) electrons. The van der Waals surface area contributed by atoms with E-state index < -0.39 is 11.8 Å². The van der Waals surface area contributed by atoms with E-state index in [4.69, 9.17) is 0 Å². The van der Waals surface area contributed by atoms with Gasteiger partial charge in [0.2, 0.25) is 0 Å². The van der Waals surface area contributed by atoms with E-state index in [0.29, 0.717) is 18.9 Å². The number of likely N-dealkylation sites (N-methyl/N-ethyl adjacent to an activating group) is 1. The fourth-order valence-electron chi connectivity index (χ4n) is 1.89. The van der Waals surface area contributed by atoms with Gasteiger partial charge in [-0.3, -0.25) is 15.0 Å². The smallest absolute Gasteiger partial charge is 0.304 e. The highest BCUT2D eigenvalue weighted by Gasteiger charge is 2.20. The maximum absolute atomic E-state index is 11.8. The molecule has 2 rings (SSSR count). The topological polar surface area (TPSA) is 77.6 Å². The summed E-state index contributed by atoms with van der Waals surface area (Å²) in [4.78, 5) is 29.7. The van der Waals surface area contributed by atoms with Gasteiger partial charge in [0.15, 0.2) is 0 Å². The van der Waals surface area contributed by atoms with Crippen molar-refractivity contribution in [3.05, 3.63) is 23.9 Å². The lowest BCUT2D eigenvalue weighted by atomic mass is 10.3. The molecule has 0 aromatic carbocycles. The highest BCUT2D eigenvalue weighted by Crippen LogP contribution is 2.05. The van der Waals surface area contributed by atoms with Gasteiger partial charge in [0.25, 0.3) is 0 Å². The second-order valence-electron chi connectivity index (χ2n) is 4.90. The second kappa shape index (κ2) is 6.44. The van der Waals surface area contributed by atoms with E-state index >= 15 is 0 Å². The van der Waals surface area contributed by atoms with Crippen molar-refractivity contribution in [1.29, 1.82) is 0 Å². The van der Waals surface area contributed by atoms with Crippen LogP contribution in [0.2, 0.25) is 0 Å². The molecule has 1 fully saturated rings. The fourth-order valence-corrected chi connectivity index (χ4v) is 1.89. The minimum Gasteiger partial charge on any atom is -0.304 e. The van der Waals surface area contributed by atoms with Gasteiger partial charge in [-0.05, 0) is 31.7 Å². The molecular weight excluding hydrogens is 258 g/mol. The van der Waals surface area contributed by atoms with Crippen LogP contribution in [-0.4, -0.2) is 59.9 Å². The van der Waals surface area contributed by atoms with Gasteiger partial charge in [-0.15, -0.1) is 0 Å². The Balaban J connectivity index is 1.84. The van der Waals surface area contributed by atoms with Crippen LogP contribution in [0.4, 0.5) is 5.82 Å². The number of pyridine rings is 1. The van der Waals surface area contributed by atoms with Gasteiger partial charge in [-0.25, -0.2) is 9.99 Å². The Hall–Kier alpha value is -1.99. The third-order valence-corrected chi connectivity index (χ3v) is 3.13. The molecule has 2 amide bonds. The molecule has 0 spiro atoms. The van der Waals surface area contributed by atoms with Crippen LogP contribution in [-0.2, 0) is 9.59 Å². The van der Waals surface area contributed by atoms with Gasteiger partial charge in [0.1, 0.15) is 5.82 Å². The summed E-state index contributed by atoms with van der Waals surface area (Å²) >= 11 is 0. The summed E-state index contributed by atoms with van der Waals surface area (Å²) in [6, 6.07) is 3.53. The molecule has 0 saturated carbocycles. The predicted molar refractivity (Wildman–Crippen MR) is 74.8 cm³/mol. The van der Waals surface area contributed by atoms with Gasteiger partial charge in [0, 0.05) is 32.4 Å². The van der Waals surface area contributed by atoms with Gasteiger partial charge in [-0.2, -0.15) is 0 Å². The molecule has 0 bridgehead atoms. The normalized spacial score (nSPS) is 16.7. The van der Waals surface area contributed by atoms with Gasteiger partial charge >= 0.3 is 11.8 Å². The molecule has 0 aliphatic carbocycles. The molecule has 0 atom stereocenters. The fraction of sp³-hybridized carbons (Fsp3) is 0.462. The summed E-state index contributed by atoms with van der Waals surface area (Å²) < 4.78 is 0. The first-order chi connectivity index (χ1) is 9.54. The molecule has 1 aliphatic rings. The number of nitrogens with zero attached hydrogens (tertiary/aromatic N) is 3. The number of nitrogens with one attached hydrogen (secondary N) is 2. The third-order valence-electron chi connectivity index (χ3n) is 3.13. The second-order valence-corrected chi connectivity index (χ2v) is 4.90. The van der Waals surface area contributed by atoms with Crippen molar-refractivity contribution in [3.8, 4) is 0 Å². The summed E-state index contributed by atoms with van der Waals surface area (Å²) in [5.41, 5.74) is 3.57. The summed E-state index contributed by atoms with van der Waals surface area (Å²) in [6.45, 7) is 5.03. The van der Waals surface area contributed by atoms with Gasteiger partial charge < -0.3 is 10.2 Å². The highest BCUT2D eigenvalue weighted by atomic mass is 16.2. The Labute approximate surface area is 117 Å². The number of hydrogen-bond donors (Lipinski definition) is 2. The van der Waals surface area contributed by atoms with Crippen molar-refractivity contribution in [2.24, 2.45) is 0 Å². The molecule has 1 aromatic heterocycles. The average Bonchev–Trinajstić information content (AvgIpc) is 2.41. The summed E-state index contributed by atoms with van der Waals surface area (Å²) in [5, 5.41) is 4.24. The maximum atomic E-state index is 11.8. The van der Waals surface area contributed by atoms with Crippen LogP contribution in [0, 0.1) is 6.92 Å². The van der Waals surface area contributed by atoms with Crippen LogP contribution in [0.25, 0.3) is 0 Å². The van der Waals surface area contributed by atoms with E-state index in [1.165, 1.54) is 0 Å².